The molecule has 0 N–H and O–H groups in total. The van der Waals surface area contributed by atoms with E-state index in [2.05, 4.69) is 9.51 Å². The van der Waals surface area contributed by atoms with Crippen LogP contribution in [-0.2, 0) is 0 Å². The lowest BCUT2D eigenvalue weighted by Crippen LogP contribution is -2.16. The molecule has 1 heterocycles. The SMILES string of the molecule is CC(Cl)(Cl)C1=C(CCl)C(Cl)=NP(Cl)(Cl)=N1. The average Bonchev–Trinajstić information content (AvgIpc) is 1.99. The van der Waals surface area contributed by atoms with Gasteiger partial charge in [-0.05, 0) is 29.4 Å². The molecule has 0 saturated carbocycles. The van der Waals surface area contributed by atoms with Crippen LogP contribution in [0, 0.1) is 0 Å². The number of alkyl halides is 3. The molecule has 0 aromatic rings. The quantitative estimate of drug-likeness (QED) is 0.448. The highest BCUT2D eigenvalue weighted by molar-refractivity contribution is 8.09. The Kier molecular flexibility index (Phi) is 4.75. The van der Waals surface area contributed by atoms with Gasteiger partial charge in [0, 0.05) is 5.57 Å². The van der Waals surface area contributed by atoms with E-state index in [4.69, 9.17) is 68.9 Å². The summed E-state index contributed by atoms with van der Waals surface area (Å²) in [6, 6.07) is 0. The molecule has 15 heavy (non-hydrogen) atoms. The minimum Gasteiger partial charge on any atom is -0.218 e. The number of nitrogens with zero attached hydrogens (tertiary/aromatic N) is 2. The van der Waals surface area contributed by atoms with Crippen molar-refractivity contribution in [1.82, 2.24) is 0 Å². The average molecular weight is 349 g/mol. The van der Waals surface area contributed by atoms with Gasteiger partial charge in [-0.25, -0.2) is 9.51 Å². The predicted octanol–water partition coefficient (Wildman–Crippen LogP) is 5.75. The van der Waals surface area contributed by atoms with Crippen LogP contribution in [0.3, 0.4) is 0 Å². The minimum absolute atomic E-state index is 0.0873. The highest BCUT2D eigenvalue weighted by atomic mass is 35.9. The van der Waals surface area contributed by atoms with Crippen molar-refractivity contribution in [3.8, 4) is 0 Å². The van der Waals surface area contributed by atoms with Crippen molar-refractivity contribution < 1.29 is 0 Å². The summed E-state index contributed by atoms with van der Waals surface area (Å²) in [7, 11) is 0. The molecule has 0 fully saturated rings. The maximum absolute atomic E-state index is 5.92. The Hall–Kier alpha value is 1.38. The van der Waals surface area contributed by atoms with Crippen molar-refractivity contribution >= 4 is 80.0 Å². The summed E-state index contributed by atoms with van der Waals surface area (Å²) in [5, 5.41) is 0.112. The third-order valence-electron chi connectivity index (χ3n) is 1.51. The summed E-state index contributed by atoms with van der Waals surface area (Å²) in [6.45, 7) is 1.53. The predicted molar refractivity (Wildman–Crippen MR) is 72.2 cm³/mol. The van der Waals surface area contributed by atoms with Crippen molar-refractivity contribution in [2.75, 3.05) is 5.88 Å². The van der Waals surface area contributed by atoms with Crippen LogP contribution < -0.4 is 0 Å². The molecule has 2 nitrogen and oxygen atoms in total. The van der Waals surface area contributed by atoms with E-state index in [0.717, 1.165) is 0 Å². The molecule has 0 aromatic heterocycles. The molecule has 0 bridgehead atoms. The molecule has 0 atom stereocenters. The molecular formula is C6H5Cl6N2P. The number of rotatable bonds is 2. The Bertz CT molecular complexity index is 387. The third kappa shape index (κ3) is 3.67. The Labute approximate surface area is 117 Å². The number of halogens is 6. The van der Waals surface area contributed by atoms with Crippen molar-refractivity contribution in [2.24, 2.45) is 9.51 Å². The van der Waals surface area contributed by atoms with E-state index in [-0.39, 0.29) is 16.7 Å². The van der Waals surface area contributed by atoms with Crippen molar-refractivity contribution in [1.29, 1.82) is 0 Å². The molecule has 0 unspecified atom stereocenters. The van der Waals surface area contributed by atoms with E-state index in [1.807, 2.05) is 0 Å². The van der Waals surface area contributed by atoms with Crippen LogP contribution in [0.25, 0.3) is 0 Å². The van der Waals surface area contributed by atoms with E-state index in [1.54, 1.807) is 0 Å². The molecule has 9 heteroatoms. The number of hydrogen-bond donors (Lipinski definition) is 0. The standard InChI is InChI=1S/C6H5Cl6N2P/c1-6(9,10)4-3(2-7)5(8)14-15(11,12)13-4/h2H2,1H3. The van der Waals surface area contributed by atoms with Gasteiger partial charge in [-0.1, -0.05) is 34.8 Å². The lowest BCUT2D eigenvalue weighted by atomic mass is 10.2. The van der Waals surface area contributed by atoms with Crippen LogP contribution in [-0.4, -0.2) is 15.4 Å². The normalized spacial score (nSPS) is 21.1. The van der Waals surface area contributed by atoms with Crippen LogP contribution in [0.4, 0.5) is 0 Å². The lowest BCUT2D eigenvalue weighted by molar-refractivity contribution is 0.981. The zero-order chi connectivity index (χ0) is 11.9. The largest absolute Gasteiger partial charge is 0.254 e. The molecule has 0 radical (unpaired) electrons. The van der Waals surface area contributed by atoms with Gasteiger partial charge in [-0.2, -0.15) is 0 Å². The van der Waals surface area contributed by atoms with Gasteiger partial charge in [0.1, 0.15) is 5.17 Å². The molecule has 0 saturated heterocycles. The van der Waals surface area contributed by atoms with E-state index >= 15 is 0 Å². The number of allylic oxidation sites excluding steroid dienone is 2. The summed E-state index contributed by atoms with van der Waals surface area (Å²) in [5.41, 5.74) is 0.724. The summed E-state index contributed by atoms with van der Waals surface area (Å²) in [5.74, 6) is -2.77. The molecule has 0 amide bonds. The molecule has 1 rings (SSSR count). The van der Waals surface area contributed by atoms with Crippen LogP contribution in [0.15, 0.2) is 20.8 Å². The molecule has 1 aliphatic heterocycles. The fraction of sp³-hybridized carbons (Fsp3) is 0.500. The topological polar surface area (TPSA) is 24.7 Å². The molecular weight excluding hydrogens is 344 g/mol. The summed E-state index contributed by atoms with van der Waals surface area (Å²) in [6.07, 6.45) is 0. The minimum atomic E-state index is -2.86. The van der Waals surface area contributed by atoms with Gasteiger partial charge >= 0.3 is 0 Å². The number of hydrogen-bond acceptors (Lipinski definition) is 2. The first-order valence-corrected chi connectivity index (χ1v) is 8.80. The lowest BCUT2D eigenvalue weighted by Gasteiger charge is -2.22. The first kappa shape index (κ1) is 14.4. The van der Waals surface area contributed by atoms with Crippen LogP contribution >= 0.6 is 74.8 Å². The zero-order valence-electron chi connectivity index (χ0n) is 7.32. The fourth-order valence-electron chi connectivity index (χ4n) is 0.938. The second-order valence-electron chi connectivity index (χ2n) is 2.80. The first-order valence-electron chi connectivity index (χ1n) is 3.62. The van der Waals surface area contributed by atoms with Gasteiger partial charge in [0.05, 0.1) is 11.6 Å². The van der Waals surface area contributed by atoms with Gasteiger partial charge in [0.25, 0.3) is 5.91 Å². The molecule has 0 aromatic carbocycles. The highest BCUT2D eigenvalue weighted by Gasteiger charge is 2.33. The molecule has 1 aliphatic rings. The Balaban J connectivity index is 3.43. The van der Waals surface area contributed by atoms with Crippen LogP contribution in [0.5, 0.6) is 0 Å². The van der Waals surface area contributed by atoms with Crippen LogP contribution in [0.2, 0.25) is 0 Å². The van der Waals surface area contributed by atoms with E-state index in [9.17, 15) is 0 Å². The van der Waals surface area contributed by atoms with Crippen molar-refractivity contribution in [3.05, 3.63) is 11.3 Å². The monoisotopic (exact) mass is 346 g/mol. The summed E-state index contributed by atoms with van der Waals surface area (Å²) in [4.78, 5) is 0. The Morgan fingerprint density at radius 2 is 1.87 bits per heavy atom. The fourth-order valence-corrected chi connectivity index (χ4v) is 4.25. The Morgan fingerprint density at radius 3 is 2.27 bits per heavy atom. The zero-order valence-corrected chi connectivity index (χ0v) is 12.7. The van der Waals surface area contributed by atoms with Gasteiger partial charge in [0.2, 0.25) is 0 Å². The second-order valence-corrected chi connectivity index (χ2v) is 9.79. The molecule has 0 aliphatic carbocycles. The van der Waals surface area contributed by atoms with E-state index < -0.39 is 10.2 Å². The van der Waals surface area contributed by atoms with Crippen molar-refractivity contribution in [2.45, 2.75) is 11.3 Å². The van der Waals surface area contributed by atoms with Crippen LogP contribution in [0.1, 0.15) is 6.92 Å². The first-order chi connectivity index (χ1) is 6.67. The van der Waals surface area contributed by atoms with Gasteiger partial charge in [0.15, 0.2) is 4.33 Å². The maximum atomic E-state index is 5.92. The summed E-state index contributed by atoms with van der Waals surface area (Å²) < 4.78 is 6.56. The van der Waals surface area contributed by atoms with Gasteiger partial charge < -0.3 is 0 Å². The van der Waals surface area contributed by atoms with E-state index in [1.165, 1.54) is 6.92 Å². The Morgan fingerprint density at radius 1 is 1.33 bits per heavy atom. The maximum Gasteiger partial charge on any atom is 0.254 e. The van der Waals surface area contributed by atoms with Crippen molar-refractivity contribution in [3.63, 3.8) is 0 Å². The van der Waals surface area contributed by atoms with Gasteiger partial charge in [-0.3, -0.25) is 0 Å². The second kappa shape index (κ2) is 4.94. The molecule has 86 valence electrons. The molecule has 0 spiro atoms. The smallest absolute Gasteiger partial charge is 0.218 e. The highest BCUT2D eigenvalue weighted by Crippen LogP contribution is 2.65. The van der Waals surface area contributed by atoms with Gasteiger partial charge in [-0.15, -0.1) is 11.6 Å². The third-order valence-corrected chi connectivity index (χ3v) is 4.36. The van der Waals surface area contributed by atoms with E-state index in [0.29, 0.717) is 5.57 Å². The summed E-state index contributed by atoms with van der Waals surface area (Å²) >= 11 is 35.1.